The van der Waals surface area contributed by atoms with Crippen molar-refractivity contribution in [3.05, 3.63) is 69.2 Å². The van der Waals surface area contributed by atoms with Crippen molar-refractivity contribution in [3.63, 3.8) is 0 Å². The van der Waals surface area contributed by atoms with Crippen molar-refractivity contribution in [2.45, 2.75) is 19.3 Å². The lowest BCUT2D eigenvalue weighted by Gasteiger charge is -2.18. The van der Waals surface area contributed by atoms with Crippen molar-refractivity contribution in [2.75, 3.05) is 6.54 Å². The van der Waals surface area contributed by atoms with Crippen LogP contribution in [0.5, 0.6) is 0 Å². The van der Waals surface area contributed by atoms with Gasteiger partial charge >= 0.3 is 0 Å². The van der Waals surface area contributed by atoms with Crippen LogP contribution in [0.25, 0.3) is 0 Å². The molecule has 2 aromatic carbocycles. The van der Waals surface area contributed by atoms with E-state index in [0.717, 1.165) is 11.1 Å². The van der Waals surface area contributed by atoms with Crippen LogP contribution in [-0.2, 0) is 6.42 Å². The van der Waals surface area contributed by atoms with Crippen molar-refractivity contribution >= 4 is 15.9 Å². The first-order valence-corrected chi connectivity index (χ1v) is 7.21. The summed E-state index contributed by atoms with van der Waals surface area (Å²) in [5.74, 6) is -1.18. The molecule has 0 aliphatic rings. The fourth-order valence-corrected chi connectivity index (χ4v) is 2.74. The third-order valence-electron chi connectivity index (χ3n) is 3.50. The SMILES string of the molecule is Cc1ccccc1C(CN)Cc1c(F)ccc(Br)c1F. The van der Waals surface area contributed by atoms with E-state index in [1.807, 2.05) is 31.2 Å². The Bertz CT molecular complexity index is 613. The van der Waals surface area contributed by atoms with Crippen molar-refractivity contribution in [1.82, 2.24) is 0 Å². The second-order valence-electron chi connectivity index (χ2n) is 4.82. The largest absolute Gasteiger partial charge is 0.330 e. The van der Waals surface area contributed by atoms with Gasteiger partial charge in [0, 0.05) is 11.5 Å². The summed E-state index contributed by atoms with van der Waals surface area (Å²) in [6.07, 6.45) is 0.248. The molecule has 0 amide bonds. The predicted octanol–water partition coefficient (Wildman–Crippen LogP) is 4.32. The maximum Gasteiger partial charge on any atom is 0.143 e. The van der Waals surface area contributed by atoms with Crippen LogP contribution in [0.3, 0.4) is 0 Å². The molecule has 0 fully saturated rings. The number of nitrogens with two attached hydrogens (primary N) is 1. The van der Waals surface area contributed by atoms with Crippen molar-refractivity contribution in [2.24, 2.45) is 5.73 Å². The molecule has 0 heterocycles. The molecular formula is C16H16BrF2N. The smallest absolute Gasteiger partial charge is 0.143 e. The van der Waals surface area contributed by atoms with E-state index in [0.29, 0.717) is 6.54 Å². The Morgan fingerprint density at radius 2 is 1.85 bits per heavy atom. The summed E-state index contributed by atoms with van der Waals surface area (Å²) in [5.41, 5.74) is 8.00. The minimum Gasteiger partial charge on any atom is -0.330 e. The molecule has 1 unspecified atom stereocenters. The number of rotatable bonds is 4. The van der Waals surface area contributed by atoms with E-state index in [4.69, 9.17) is 5.73 Å². The Kier molecular flexibility index (Phi) is 4.89. The summed E-state index contributed by atoms with van der Waals surface area (Å²) in [5, 5.41) is 0. The van der Waals surface area contributed by atoms with Gasteiger partial charge in [-0.1, -0.05) is 24.3 Å². The number of benzene rings is 2. The van der Waals surface area contributed by atoms with Gasteiger partial charge in [-0.2, -0.15) is 0 Å². The third-order valence-corrected chi connectivity index (χ3v) is 4.11. The van der Waals surface area contributed by atoms with Crippen molar-refractivity contribution in [3.8, 4) is 0 Å². The van der Waals surface area contributed by atoms with Gasteiger partial charge in [-0.15, -0.1) is 0 Å². The Balaban J connectivity index is 2.37. The van der Waals surface area contributed by atoms with Crippen LogP contribution < -0.4 is 5.73 Å². The number of halogens is 3. The van der Waals surface area contributed by atoms with E-state index < -0.39 is 11.6 Å². The van der Waals surface area contributed by atoms with Gasteiger partial charge in [0.25, 0.3) is 0 Å². The average molecular weight is 340 g/mol. The van der Waals surface area contributed by atoms with Crippen LogP contribution in [0.2, 0.25) is 0 Å². The summed E-state index contributed by atoms with van der Waals surface area (Å²) >= 11 is 3.09. The molecule has 0 aliphatic carbocycles. The molecule has 2 aromatic rings. The van der Waals surface area contributed by atoms with Gasteiger partial charge < -0.3 is 5.73 Å². The normalized spacial score (nSPS) is 12.4. The standard InChI is InChI=1S/C16H16BrF2N/c1-10-4-2-3-5-12(10)11(9-20)8-13-15(18)7-6-14(17)16(13)19/h2-7,11H,8-9,20H2,1H3. The van der Waals surface area contributed by atoms with Gasteiger partial charge in [0.15, 0.2) is 0 Å². The van der Waals surface area contributed by atoms with Crippen molar-refractivity contribution in [1.29, 1.82) is 0 Å². The average Bonchev–Trinajstić information content (AvgIpc) is 2.45. The maximum absolute atomic E-state index is 14.0. The van der Waals surface area contributed by atoms with Crippen LogP contribution in [0.1, 0.15) is 22.6 Å². The number of hydrogen-bond acceptors (Lipinski definition) is 1. The first-order chi connectivity index (χ1) is 9.54. The Morgan fingerprint density at radius 1 is 1.15 bits per heavy atom. The first-order valence-electron chi connectivity index (χ1n) is 6.42. The van der Waals surface area contributed by atoms with Gasteiger partial charge in [-0.3, -0.25) is 0 Å². The Morgan fingerprint density at radius 3 is 2.50 bits per heavy atom. The molecule has 2 rings (SSSR count). The van der Waals surface area contributed by atoms with E-state index in [9.17, 15) is 8.78 Å². The maximum atomic E-state index is 14.0. The third kappa shape index (κ3) is 3.07. The van der Waals surface area contributed by atoms with Gasteiger partial charge in [-0.05, 0) is 59.1 Å². The molecule has 2 N–H and O–H groups in total. The lowest BCUT2D eigenvalue weighted by molar-refractivity contribution is 0.534. The molecule has 0 spiro atoms. The van der Waals surface area contributed by atoms with Crippen molar-refractivity contribution < 1.29 is 8.78 Å². The molecule has 4 heteroatoms. The van der Waals surface area contributed by atoms with E-state index >= 15 is 0 Å². The van der Waals surface area contributed by atoms with Crippen LogP contribution in [0, 0.1) is 18.6 Å². The molecule has 106 valence electrons. The van der Waals surface area contributed by atoms with E-state index in [1.54, 1.807) is 0 Å². The zero-order valence-electron chi connectivity index (χ0n) is 11.2. The van der Waals surface area contributed by atoms with Crippen LogP contribution in [0.15, 0.2) is 40.9 Å². The van der Waals surface area contributed by atoms with Gasteiger partial charge in [0.05, 0.1) is 4.47 Å². The lowest BCUT2D eigenvalue weighted by Crippen LogP contribution is -2.17. The highest BCUT2D eigenvalue weighted by atomic mass is 79.9. The van der Waals surface area contributed by atoms with Gasteiger partial charge in [-0.25, -0.2) is 8.78 Å². The van der Waals surface area contributed by atoms with Crippen LogP contribution >= 0.6 is 15.9 Å². The Hall–Kier alpha value is -1.26. The zero-order valence-corrected chi connectivity index (χ0v) is 12.8. The molecule has 0 aromatic heterocycles. The fourth-order valence-electron chi connectivity index (χ4n) is 2.37. The minimum atomic E-state index is -0.544. The molecule has 0 bridgehead atoms. The molecule has 1 nitrogen and oxygen atoms in total. The number of aryl methyl sites for hydroxylation is 1. The van der Waals surface area contributed by atoms with Crippen LogP contribution in [0.4, 0.5) is 8.78 Å². The first kappa shape index (κ1) is 15.1. The quantitative estimate of drug-likeness (QED) is 0.824. The topological polar surface area (TPSA) is 26.0 Å². The molecule has 0 aliphatic heterocycles. The molecule has 0 radical (unpaired) electrons. The monoisotopic (exact) mass is 339 g/mol. The second-order valence-corrected chi connectivity index (χ2v) is 5.67. The summed E-state index contributed by atoms with van der Waals surface area (Å²) in [4.78, 5) is 0. The second kappa shape index (κ2) is 6.46. The summed E-state index contributed by atoms with van der Waals surface area (Å²) in [6.45, 7) is 2.32. The minimum absolute atomic E-state index is 0.0816. The lowest BCUT2D eigenvalue weighted by atomic mass is 9.89. The fraction of sp³-hybridized carbons (Fsp3) is 0.250. The highest BCUT2D eigenvalue weighted by molar-refractivity contribution is 9.10. The zero-order chi connectivity index (χ0) is 14.7. The summed E-state index contributed by atoms with van der Waals surface area (Å²) in [6, 6.07) is 10.4. The number of hydrogen-bond donors (Lipinski definition) is 1. The highest BCUT2D eigenvalue weighted by Gasteiger charge is 2.19. The Labute approximate surface area is 125 Å². The molecule has 20 heavy (non-hydrogen) atoms. The van der Waals surface area contributed by atoms with Gasteiger partial charge in [0.1, 0.15) is 11.6 Å². The molecule has 0 saturated heterocycles. The van der Waals surface area contributed by atoms with Gasteiger partial charge in [0.2, 0.25) is 0 Å². The van der Waals surface area contributed by atoms with E-state index in [1.165, 1.54) is 12.1 Å². The molecular weight excluding hydrogens is 324 g/mol. The van der Waals surface area contributed by atoms with E-state index in [-0.39, 0.29) is 22.4 Å². The molecule has 1 atom stereocenters. The summed E-state index contributed by atoms with van der Waals surface area (Å²) < 4.78 is 28.2. The molecule has 0 saturated carbocycles. The summed E-state index contributed by atoms with van der Waals surface area (Å²) in [7, 11) is 0. The van der Waals surface area contributed by atoms with Crippen LogP contribution in [-0.4, -0.2) is 6.54 Å². The van der Waals surface area contributed by atoms with E-state index in [2.05, 4.69) is 15.9 Å². The highest BCUT2D eigenvalue weighted by Crippen LogP contribution is 2.28. The predicted molar refractivity (Wildman–Crippen MR) is 80.7 cm³/mol.